The van der Waals surface area contributed by atoms with Gasteiger partial charge in [0.05, 0.1) is 17.7 Å². The van der Waals surface area contributed by atoms with Crippen molar-refractivity contribution in [1.82, 2.24) is 9.80 Å². The van der Waals surface area contributed by atoms with Crippen molar-refractivity contribution in [3.8, 4) is 5.75 Å². The number of carbonyl (C=O) groups excluding carboxylic acids is 1. The normalized spacial score (nSPS) is 21.7. The Hall–Kier alpha value is -2.11. The second-order valence-electron chi connectivity index (χ2n) is 6.02. The molecular formula is C17H20N2O3. The van der Waals surface area contributed by atoms with Gasteiger partial charge in [0.15, 0.2) is 0 Å². The van der Waals surface area contributed by atoms with Crippen LogP contribution in [0.25, 0.3) is 10.8 Å². The zero-order valence-electron chi connectivity index (χ0n) is 12.7. The van der Waals surface area contributed by atoms with E-state index >= 15 is 0 Å². The fourth-order valence-corrected chi connectivity index (χ4v) is 3.01. The summed E-state index contributed by atoms with van der Waals surface area (Å²) in [6.45, 7) is 0.743. The molecule has 2 aromatic rings. The summed E-state index contributed by atoms with van der Waals surface area (Å²) >= 11 is 0. The van der Waals surface area contributed by atoms with E-state index in [1.807, 2.05) is 43.3 Å². The molecule has 5 heteroatoms. The molecule has 5 nitrogen and oxygen atoms in total. The second kappa shape index (κ2) is 5.59. The van der Waals surface area contributed by atoms with Crippen molar-refractivity contribution in [2.24, 2.45) is 0 Å². The van der Waals surface area contributed by atoms with E-state index in [4.69, 9.17) is 0 Å². The lowest BCUT2D eigenvalue weighted by Crippen LogP contribution is -2.38. The Kier molecular flexibility index (Phi) is 3.76. The van der Waals surface area contributed by atoms with Gasteiger partial charge in [-0.1, -0.05) is 24.3 Å². The number of β-amino-alcohol motifs (C(OH)–C–C–N with tert-alkyl or cyclic N) is 1. The average Bonchev–Trinajstić information content (AvgIpc) is 2.88. The summed E-state index contributed by atoms with van der Waals surface area (Å²) in [5.41, 5.74) is 0.283. The molecule has 0 aromatic heterocycles. The summed E-state index contributed by atoms with van der Waals surface area (Å²) in [4.78, 5) is 16.2. The van der Waals surface area contributed by atoms with Crippen LogP contribution in [0.2, 0.25) is 0 Å². The fraction of sp³-hybridized carbons (Fsp3) is 0.353. The first-order chi connectivity index (χ1) is 10.5. The quantitative estimate of drug-likeness (QED) is 0.877. The highest BCUT2D eigenvalue weighted by Crippen LogP contribution is 2.27. The fourth-order valence-electron chi connectivity index (χ4n) is 3.01. The molecule has 1 aliphatic rings. The van der Waals surface area contributed by atoms with E-state index in [1.165, 1.54) is 0 Å². The minimum atomic E-state index is -0.568. The first-order valence-electron chi connectivity index (χ1n) is 7.33. The number of hydrogen-bond acceptors (Lipinski definition) is 4. The summed E-state index contributed by atoms with van der Waals surface area (Å²) < 4.78 is 0. The van der Waals surface area contributed by atoms with Gasteiger partial charge >= 0.3 is 0 Å². The molecule has 2 aromatic carbocycles. The van der Waals surface area contributed by atoms with Crippen molar-refractivity contribution < 1.29 is 15.0 Å². The molecule has 1 aliphatic heterocycles. The monoisotopic (exact) mass is 300 g/mol. The van der Waals surface area contributed by atoms with Crippen LogP contribution < -0.4 is 0 Å². The molecule has 0 aliphatic carbocycles. The molecule has 0 unspecified atom stereocenters. The lowest BCUT2D eigenvalue weighted by Gasteiger charge is -2.21. The van der Waals surface area contributed by atoms with E-state index in [-0.39, 0.29) is 29.8 Å². The third-order valence-corrected chi connectivity index (χ3v) is 4.30. The highest BCUT2D eigenvalue weighted by atomic mass is 16.3. The number of aromatic hydroxyl groups is 1. The van der Waals surface area contributed by atoms with E-state index < -0.39 is 6.10 Å². The number of likely N-dealkylation sites (tertiary alicyclic amines) is 1. The van der Waals surface area contributed by atoms with Crippen LogP contribution in [0.4, 0.5) is 0 Å². The van der Waals surface area contributed by atoms with Gasteiger partial charge < -0.3 is 20.0 Å². The van der Waals surface area contributed by atoms with Crippen LogP contribution in [0.1, 0.15) is 10.4 Å². The van der Waals surface area contributed by atoms with Gasteiger partial charge in [-0.05, 0) is 37.0 Å². The van der Waals surface area contributed by atoms with Crippen molar-refractivity contribution in [3.05, 3.63) is 42.0 Å². The van der Waals surface area contributed by atoms with Crippen LogP contribution in [0, 0.1) is 0 Å². The van der Waals surface area contributed by atoms with E-state index in [0.717, 1.165) is 10.8 Å². The van der Waals surface area contributed by atoms with Gasteiger partial charge in [-0.25, -0.2) is 0 Å². The summed E-state index contributed by atoms with van der Waals surface area (Å²) in [6, 6.07) is 10.8. The zero-order chi connectivity index (χ0) is 15.9. The molecule has 1 amide bonds. The topological polar surface area (TPSA) is 64.0 Å². The number of likely N-dealkylation sites (N-methyl/N-ethyl adjacent to an activating group) is 1. The Balaban J connectivity index is 1.91. The second-order valence-corrected chi connectivity index (χ2v) is 6.02. The van der Waals surface area contributed by atoms with Crippen LogP contribution >= 0.6 is 0 Å². The molecule has 0 spiro atoms. The Bertz CT molecular complexity index is 714. The largest absolute Gasteiger partial charge is 0.507 e. The van der Waals surface area contributed by atoms with E-state index in [0.29, 0.717) is 6.54 Å². The molecular weight excluding hydrogens is 280 g/mol. The van der Waals surface area contributed by atoms with E-state index in [1.54, 1.807) is 17.0 Å². The number of aliphatic hydroxyl groups is 1. The average molecular weight is 300 g/mol. The molecule has 116 valence electrons. The lowest BCUT2D eigenvalue weighted by molar-refractivity contribution is 0.0761. The number of phenols is 1. The molecule has 1 heterocycles. The highest BCUT2D eigenvalue weighted by Gasteiger charge is 2.36. The van der Waals surface area contributed by atoms with E-state index in [2.05, 4.69) is 0 Å². The summed E-state index contributed by atoms with van der Waals surface area (Å²) in [5, 5.41) is 22.0. The maximum atomic E-state index is 12.7. The smallest absolute Gasteiger partial charge is 0.257 e. The number of benzene rings is 2. The number of rotatable bonds is 2. The van der Waals surface area contributed by atoms with Crippen LogP contribution in [-0.4, -0.2) is 65.3 Å². The number of aliphatic hydroxyl groups excluding tert-OH is 1. The Labute approximate surface area is 129 Å². The molecule has 0 saturated carbocycles. The van der Waals surface area contributed by atoms with Crippen molar-refractivity contribution in [2.45, 2.75) is 12.1 Å². The van der Waals surface area contributed by atoms with Gasteiger partial charge in [-0.2, -0.15) is 0 Å². The van der Waals surface area contributed by atoms with Crippen molar-refractivity contribution >= 4 is 16.7 Å². The van der Waals surface area contributed by atoms with Crippen LogP contribution in [0.3, 0.4) is 0 Å². The van der Waals surface area contributed by atoms with Gasteiger partial charge in [0.25, 0.3) is 5.91 Å². The molecule has 1 saturated heterocycles. The predicted octanol–water partition coefficient (Wildman–Crippen LogP) is 1.29. The van der Waals surface area contributed by atoms with Gasteiger partial charge in [0.2, 0.25) is 0 Å². The lowest BCUT2D eigenvalue weighted by atomic mass is 10.1. The van der Waals surface area contributed by atoms with Crippen LogP contribution in [-0.2, 0) is 0 Å². The van der Waals surface area contributed by atoms with Gasteiger partial charge in [-0.3, -0.25) is 4.79 Å². The highest BCUT2D eigenvalue weighted by molar-refractivity contribution is 6.01. The third kappa shape index (κ3) is 2.53. The molecule has 0 bridgehead atoms. The minimum absolute atomic E-state index is 0.0218. The molecule has 0 radical (unpaired) electrons. The summed E-state index contributed by atoms with van der Waals surface area (Å²) in [7, 11) is 3.77. The number of fused-ring (bicyclic) bond motifs is 1. The molecule has 2 atom stereocenters. The van der Waals surface area contributed by atoms with Crippen molar-refractivity contribution in [1.29, 1.82) is 0 Å². The molecule has 2 N–H and O–H groups in total. The maximum Gasteiger partial charge on any atom is 0.257 e. The van der Waals surface area contributed by atoms with Gasteiger partial charge in [-0.15, -0.1) is 0 Å². The minimum Gasteiger partial charge on any atom is -0.507 e. The molecule has 22 heavy (non-hydrogen) atoms. The van der Waals surface area contributed by atoms with Crippen LogP contribution in [0.5, 0.6) is 5.75 Å². The number of carbonyl (C=O) groups is 1. The number of hydrogen-bond donors (Lipinski definition) is 2. The van der Waals surface area contributed by atoms with Crippen molar-refractivity contribution in [3.63, 3.8) is 0 Å². The van der Waals surface area contributed by atoms with E-state index in [9.17, 15) is 15.0 Å². The molecule has 1 fully saturated rings. The van der Waals surface area contributed by atoms with Gasteiger partial charge in [0.1, 0.15) is 5.75 Å². The predicted molar refractivity (Wildman–Crippen MR) is 85.0 cm³/mol. The first-order valence-corrected chi connectivity index (χ1v) is 7.33. The molecule has 3 rings (SSSR count). The third-order valence-electron chi connectivity index (χ3n) is 4.30. The van der Waals surface area contributed by atoms with Gasteiger partial charge in [0, 0.05) is 13.1 Å². The number of phenolic OH excluding ortho intramolecular Hbond substituents is 1. The Morgan fingerprint density at radius 3 is 2.41 bits per heavy atom. The first kappa shape index (κ1) is 14.8. The summed E-state index contributed by atoms with van der Waals surface area (Å²) in [6.07, 6.45) is -0.568. The Morgan fingerprint density at radius 2 is 1.82 bits per heavy atom. The number of amides is 1. The number of nitrogens with zero attached hydrogens (tertiary/aromatic N) is 2. The van der Waals surface area contributed by atoms with Crippen molar-refractivity contribution in [2.75, 3.05) is 27.2 Å². The Morgan fingerprint density at radius 1 is 1.18 bits per heavy atom. The standard InChI is InChI=1S/C17H20N2O3/c1-18(2)14-9-19(10-16(14)21)17(22)13-7-11-5-3-4-6-12(11)8-15(13)20/h3-8,14,16,20-21H,9-10H2,1-2H3/t14-,16-/m1/s1. The SMILES string of the molecule is CN(C)[C@@H]1CN(C(=O)c2cc3ccccc3cc2O)C[C@H]1O. The van der Waals surface area contributed by atoms with Crippen LogP contribution in [0.15, 0.2) is 36.4 Å². The maximum absolute atomic E-state index is 12.7. The zero-order valence-corrected chi connectivity index (χ0v) is 12.7. The summed E-state index contributed by atoms with van der Waals surface area (Å²) in [5.74, 6) is -0.266.